The normalized spacial score (nSPS) is 20.1. The molecule has 0 aromatic heterocycles. The molecule has 0 unspecified atom stereocenters. The maximum atomic E-state index is 12.3. The van der Waals surface area contributed by atoms with Crippen molar-refractivity contribution in [3.05, 3.63) is 34.3 Å². The first-order valence-electron chi connectivity index (χ1n) is 5.49. The Morgan fingerprint density at radius 2 is 2.25 bits per heavy atom. The van der Waals surface area contributed by atoms with Gasteiger partial charge in [-0.3, -0.25) is 4.79 Å². The molecular weight excluding hydrogens is 268 g/mol. The van der Waals surface area contributed by atoms with Crippen LogP contribution in [0.5, 0.6) is 0 Å². The first-order chi connectivity index (χ1) is 7.74. The van der Waals surface area contributed by atoms with Crippen molar-refractivity contribution in [3.8, 4) is 0 Å². The lowest BCUT2D eigenvalue weighted by Crippen LogP contribution is -2.40. The summed E-state index contributed by atoms with van der Waals surface area (Å²) in [6, 6.07) is 7.73. The molecule has 1 aromatic carbocycles. The van der Waals surface area contributed by atoms with Crippen LogP contribution in [0.2, 0.25) is 0 Å². The van der Waals surface area contributed by atoms with Crippen LogP contribution >= 0.6 is 15.9 Å². The molecule has 1 aromatic rings. The summed E-state index contributed by atoms with van der Waals surface area (Å²) in [6.07, 6.45) is 2.07. The van der Waals surface area contributed by atoms with Gasteiger partial charge in [0.1, 0.15) is 0 Å². The zero-order valence-electron chi connectivity index (χ0n) is 9.03. The quantitative estimate of drug-likeness (QED) is 0.902. The fraction of sp³-hybridized carbons (Fsp3) is 0.417. The van der Waals surface area contributed by atoms with Crippen LogP contribution in [0.15, 0.2) is 28.7 Å². The van der Waals surface area contributed by atoms with E-state index >= 15 is 0 Å². The minimum atomic E-state index is 0.0837. The Balaban J connectivity index is 2.22. The second kappa shape index (κ2) is 4.97. The van der Waals surface area contributed by atoms with Crippen LogP contribution in [0.3, 0.4) is 0 Å². The van der Waals surface area contributed by atoms with E-state index in [2.05, 4.69) is 15.9 Å². The van der Waals surface area contributed by atoms with Crippen LogP contribution in [-0.2, 0) is 0 Å². The Kier molecular flexibility index (Phi) is 3.61. The van der Waals surface area contributed by atoms with Gasteiger partial charge in [-0.25, -0.2) is 0 Å². The molecule has 1 aliphatic rings. The fourth-order valence-corrected chi connectivity index (χ4v) is 2.59. The Morgan fingerprint density at radius 3 is 2.94 bits per heavy atom. The van der Waals surface area contributed by atoms with Crippen LogP contribution in [0.4, 0.5) is 0 Å². The highest BCUT2D eigenvalue weighted by Gasteiger charge is 2.28. The predicted octanol–water partition coefficient (Wildman–Crippen LogP) is 2.01. The Hall–Kier alpha value is -0.870. The minimum absolute atomic E-state index is 0.0837. The number of amides is 1. The smallest absolute Gasteiger partial charge is 0.255 e. The molecule has 16 heavy (non-hydrogen) atoms. The van der Waals surface area contributed by atoms with Crippen molar-refractivity contribution in [1.29, 1.82) is 0 Å². The van der Waals surface area contributed by atoms with Gasteiger partial charge in [-0.1, -0.05) is 12.1 Å². The van der Waals surface area contributed by atoms with E-state index in [4.69, 9.17) is 5.73 Å². The fourth-order valence-electron chi connectivity index (χ4n) is 2.14. The molecule has 4 heteroatoms. The van der Waals surface area contributed by atoms with Crippen molar-refractivity contribution in [2.45, 2.75) is 18.9 Å². The van der Waals surface area contributed by atoms with Crippen molar-refractivity contribution in [2.75, 3.05) is 13.1 Å². The number of nitrogens with two attached hydrogens (primary N) is 1. The minimum Gasteiger partial charge on any atom is -0.334 e. The third-order valence-electron chi connectivity index (χ3n) is 3.01. The molecule has 0 bridgehead atoms. The largest absolute Gasteiger partial charge is 0.334 e. The number of benzene rings is 1. The Morgan fingerprint density at radius 1 is 1.50 bits per heavy atom. The molecule has 1 fully saturated rings. The summed E-state index contributed by atoms with van der Waals surface area (Å²) >= 11 is 3.41. The summed E-state index contributed by atoms with van der Waals surface area (Å²) in [4.78, 5) is 14.2. The molecular formula is C12H15BrN2O. The van der Waals surface area contributed by atoms with E-state index in [1.165, 1.54) is 0 Å². The van der Waals surface area contributed by atoms with Gasteiger partial charge < -0.3 is 10.6 Å². The SMILES string of the molecule is NC[C@@H]1CCCN1C(=O)c1ccccc1Br. The summed E-state index contributed by atoms with van der Waals surface area (Å²) in [5.74, 6) is 0.0837. The van der Waals surface area contributed by atoms with Gasteiger partial charge in [-0.15, -0.1) is 0 Å². The number of likely N-dealkylation sites (tertiary alicyclic amines) is 1. The molecule has 1 atom stereocenters. The lowest BCUT2D eigenvalue weighted by atomic mass is 10.1. The number of rotatable bonds is 2. The number of hydrogen-bond acceptors (Lipinski definition) is 2. The number of nitrogens with zero attached hydrogens (tertiary/aromatic N) is 1. The molecule has 1 heterocycles. The van der Waals surface area contributed by atoms with Gasteiger partial charge in [0, 0.05) is 23.6 Å². The summed E-state index contributed by atoms with van der Waals surface area (Å²) in [6.45, 7) is 1.37. The molecule has 1 aliphatic heterocycles. The third-order valence-corrected chi connectivity index (χ3v) is 3.71. The molecule has 86 valence electrons. The van der Waals surface area contributed by atoms with Gasteiger partial charge in [-0.05, 0) is 40.9 Å². The highest BCUT2D eigenvalue weighted by atomic mass is 79.9. The second-order valence-electron chi connectivity index (χ2n) is 4.01. The molecule has 0 saturated carbocycles. The van der Waals surface area contributed by atoms with Crippen molar-refractivity contribution < 1.29 is 4.79 Å². The van der Waals surface area contributed by atoms with Gasteiger partial charge in [0.05, 0.1) is 5.56 Å². The van der Waals surface area contributed by atoms with E-state index in [-0.39, 0.29) is 11.9 Å². The van der Waals surface area contributed by atoms with E-state index in [0.717, 1.165) is 29.4 Å². The Bertz CT molecular complexity index is 394. The first kappa shape index (κ1) is 11.6. The monoisotopic (exact) mass is 282 g/mol. The second-order valence-corrected chi connectivity index (χ2v) is 4.86. The third kappa shape index (κ3) is 2.13. The molecule has 0 radical (unpaired) electrons. The van der Waals surface area contributed by atoms with E-state index in [1.54, 1.807) is 0 Å². The molecule has 0 aliphatic carbocycles. The zero-order valence-corrected chi connectivity index (χ0v) is 10.6. The lowest BCUT2D eigenvalue weighted by molar-refractivity contribution is 0.0740. The number of halogens is 1. The topological polar surface area (TPSA) is 46.3 Å². The van der Waals surface area contributed by atoms with Gasteiger partial charge in [0.15, 0.2) is 0 Å². The summed E-state index contributed by atoms with van der Waals surface area (Å²) in [5, 5.41) is 0. The van der Waals surface area contributed by atoms with Crippen molar-refractivity contribution in [1.82, 2.24) is 4.90 Å². The van der Waals surface area contributed by atoms with Gasteiger partial charge >= 0.3 is 0 Å². The maximum Gasteiger partial charge on any atom is 0.255 e. The molecule has 0 spiro atoms. The first-order valence-corrected chi connectivity index (χ1v) is 6.29. The summed E-state index contributed by atoms with van der Waals surface area (Å²) < 4.78 is 0.850. The van der Waals surface area contributed by atoms with Gasteiger partial charge in [-0.2, -0.15) is 0 Å². The molecule has 2 N–H and O–H groups in total. The average Bonchev–Trinajstić information content (AvgIpc) is 2.77. The van der Waals surface area contributed by atoms with Crippen LogP contribution in [0.25, 0.3) is 0 Å². The maximum absolute atomic E-state index is 12.3. The van der Waals surface area contributed by atoms with Crippen LogP contribution in [0.1, 0.15) is 23.2 Å². The Labute approximate surface area is 104 Å². The van der Waals surface area contributed by atoms with Gasteiger partial charge in [0.25, 0.3) is 5.91 Å². The van der Waals surface area contributed by atoms with Crippen molar-refractivity contribution in [3.63, 3.8) is 0 Å². The molecule has 1 amide bonds. The average molecular weight is 283 g/mol. The zero-order chi connectivity index (χ0) is 11.5. The predicted molar refractivity (Wildman–Crippen MR) is 67.3 cm³/mol. The standard InChI is InChI=1S/C12H15BrN2O/c13-11-6-2-1-5-10(11)12(16)15-7-3-4-9(15)8-14/h1-2,5-6,9H,3-4,7-8,14H2/t9-/m0/s1. The van der Waals surface area contributed by atoms with Crippen LogP contribution in [-0.4, -0.2) is 29.9 Å². The molecule has 1 saturated heterocycles. The summed E-state index contributed by atoms with van der Waals surface area (Å²) in [7, 11) is 0. The van der Waals surface area contributed by atoms with Crippen LogP contribution < -0.4 is 5.73 Å². The van der Waals surface area contributed by atoms with Crippen LogP contribution in [0, 0.1) is 0 Å². The highest BCUT2D eigenvalue weighted by Crippen LogP contribution is 2.23. The van der Waals surface area contributed by atoms with E-state index < -0.39 is 0 Å². The lowest BCUT2D eigenvalue weighted by Gasteiger charge is -2.23. The van der Waals surface area contributed by atoms with E-state index in [1.807, 2.05) is 29.2 Å². The molecule has 3 nitrogen and oxygen atoms in total. The summed E-state index contributed by atoms with van der Waals surface area (Å²) in [5.41, 5.74) is 6.40. The molecule has 2 rings (SSSR count). The van der Waals surface area contributed by atoms with Crippen molar-refractivity contribution >= 4 is 21.8 Å². The number of carbonyl (C=O) groups is 1. The van der Waals surface area contributed by atoms with E-state index in [9.17, 15) is 4.79 Å². The van der Waals surface area contributed by atoms with Gasteiger partial charge in [0.2, 0.25) is 0 Å². The number of carbonyl (C=O) groups excluding carboxylic acids is 1. The van der Waals surface area contributed by atoms with Crippen molar-refractivity contribution in [2.24, 2.45) is 5.73 Å². The number of hydrogen-bond donors (Lipinski definition) is 1. The van der Waals surface area contributed by atoms with E-state index in [0.29, 0.717) is 6.54 Å². The highest BCUT2D eigenvalue weighted by molar-refractivity contribution is 9.10.